The van der Waals surface area contributed by atoms with Crippen molar-refractivity contribution in [1.82, 2.24) is 4.98 Å². The van der Waals surface area contributed by atoms with Crippen LogP contribution in [0.4, 0.5) is 5.13 Å². The number of nitrogens with two attached hydrogens (primary N) is 1. The Bertz CT molecular complexity index is 1370. The van der Waals surface area contributed by atoms with Crippen LogP contribution in [0.3, 0.4) is 0 Å². The number of benzene rings is 3. The van der Waals surface area contributed by atoms with Crippen LogP contribution in [0.15, 0.2) is 72.1 Å². The van der Waals surface area contributed by atoms with Gasteiger partial charge in [0.15, 0.2) is 16.6 Å². The molecule has 3 aromatic carbocycles. The molecule has 1 aromatic heterocycles. The van der Waals surface area contributed by atoms with E-state index in [1.165, 1.54) is 11.3 Å². The van der Waals surface area contributed by atoms with Crippen molar-refractivity contribution in [1.29, 1.82) is 0 Å². The van der Waals surface area contributed by atoms with Gasteiger partial charge < -0.3 is 19.9 Å². The van der Waals surface area contributed by atoms with Crippen molar-refractivity contribution in [3.63, 3.8) is 0 Å². The largest absolute Gasteiger partial charge is 0.493 e. The van der Waals surface area contributed by atoms with E-state index in [0.717, 1.165) is 11.1 Å². The minimum atomic E-state index is -0.565. The van der Waals surface area contributed by atoms with Crippen LogP contribution in [0.5, 0.6) is 17.2 Å². The van der Waals surface area contributed by atoms with Crippen LogP contribution >= 0.6 is 11.3 Å². The zero-order valence-corrected chi connectivity index (χ0v) is 19.9. The van der Waals surface area contributed by atoms with E-state index in [1.54, 1.807) is 62.8 Å². The third-order valence-corrected chi connectivity index (χ3v) is 5.90. The number of primary amides is 1. The van der Waals surface area contributed by atoms with Crippen LogP contribution in [-0.4, -0.2) is 31.0 Å². The molecule has 3 N–H and O–H groups in total. The molecule has 4 rings (SSSR count). The SMILES string of the molecule is COc1ccc(-c2csc(NC(=O)c3cccc(COc4ccccc4C(N)=O)c3)n2)cc1OC. The van der Waals surface area contributed by atoms with Crippen molar-refractivity contribution in [2.45, 2.75) is 6.61 Å². The average Bonchev–Trinajstić information content (AvgIpc) is 3.35. The lowest BCUT2D eigenvalue weighted by Crippen LogP contribution is -2.13. The van der Waals surface area contributed by atoms with E-state index in [-0.39, 0.29) is 12.5 Å². The van der Waals surface area contributed by atoms with Gasteiger partial charge in [0.05, 0.1) is 25.5 Å². The van der Waals surface area contributed by atoms with Gasteiger partial charge in [0.25, 0.3) is 11.8 Å². The summed E-state index contributed by atoms with van der Waals surface area (Å²) in [4.78, 5) is 28.9. The molecule has 0 unspecified atom stereocenters. The van der Waals surface area contributed by atoms with Gasteiger partial charge >= 0.3 is 0 Å². The number of nitrogens with one attached hydrogen (secondary N) is 1. The lowest BCUT2D eigenvalue weighted by molar-refractivity contribution is 0.0994. The van der Waals surface area contributed by atoms with Gasteiger partial charge in [-0.25, -0.2) is 4.98 Å². The number of anilines is 1. The van der Waals surface area contributed by atoms with Crippen molar-refractivity contribution in [2.75, 3.05) is 19.5 Å². The molecule has 0 aliphatic rings. The second kappa shape index (κ2) is 10.7. The molecule has 0 radical (unpaired) electrons. The van der Waals surface area contributed by atoms with Gasteiger partial charge in [-0.1, -0.05) is 24.3 Å². The maximum Gasteiger partial charge on any atom is 0.257 e. The van der Waals surface area contributed by atoms with Gasteiger partial charge in [0, 0.05) is 16.5 Å². The molecule has 1 heterocycles. The van der Waals surface area contributed by atoms with Gasteiger partial charge in [0.2, 0.25) is 0 Å². The summed E-state index contributed by atoms with van der Waals surface area (Å²) in [6.45, 7) is 0.173. The van der Waals surface area contributed by atoms with Crippen molar-refractivity contribution in [3.8, 4) is 28.5 Å². The number of carbonyl (C=O) groups excluding carboxylic acids is 2. The minimum Gasteiger partial charge on any atom is -0.493 e. The molecule has 0 saturated carbocycles. The number of ether oxygens (including phenoxy) is 3. The number of nitrogens with zero attached hydrogens (tertiary/aromatic N) is 1. The van der Waals surface area contributed by atoms with Crippen molar-refractivity contribution in [2.24, 2.45) is 5.73 Å². The Labute approximate surface area is 206 Å². The summed E-state index contributed by atoms with van der Waals surface area (Å²) in [6, 6.07) is 19.3. The number of hydrogen-bond acceptors (Lipinski definition) is 7. The summed E-state index contributed by atoms with van der Waals surface area (Å²) in [6.07, 6.45) is 0. The molecule has 2 amide bonds. The molecule has 0 aliphatic heterocycles. The normalized spacial score (nSPS) is 10.5. The highest BCUT2D eigenvalue weighted by atomic mass is 32.1. The Morgan fingerprint density at radius 1 is 0.943 bits per heavy atom. The van der Waals surface area contributed by atoms with Crippen LogP contribution in [0.1, 0.15) is 26.3 Å². The van der Waals surface area contributed by atoms with E-state index in [0.29, 0.717) is 39.2 Å². The first-order chi connectivity index (χ1) is 17.0. The molecule has 0 bridgehead atoms. The maximum atomic E-state index is 12.8. The number of methoxy groups -OCH3 is 2. The first-order valence-electron chi connectivity index (χ1n) is 10.6. The number of para-hydroxylation sites is 1. The zero-order valence-electron chi connectivity index (χ0n) is 19.1. The molecular formula is C26H23N3O5S. The predicted molar refractivity (Wildman–Crippen MR) is 134 cm³/mol. The Hall–Kier alpha value is -4.37. The van der Waals surface area contributed by atoms with Crippen LogP contribution in [0.25, 0.3) is 11.3 Å². The van der Waals surface area contributed by atoms with Gasteiger partial charge in [0.1, 0.15) is 12.4 Å². The second-order valence-corrected chi connectivity index (χ2v) is 8.27. The molecule has 0 aliphatic carbocycles. The summed E-state index contributed by atoms with van der Waals surface area (Å²) >= 11 is 1.32. The molecular weight excluding hydrogens is 466 g/mol. The number of aromatic nitrogens is 1. The fraction of sp³-hybridized carbons (Fsp3) is 0.115. The van der Waals surface area contributed by atoms with E-state index in [1.807, 2.05) is 23.6 Å². The summed E-state index contributed by atoms with van der Waals surface area (Å²) in [7, 11) is 3.15. The molecule has 35 heavy (non-hydrogen) atoms. The third kappa shape index (κ3) is 5.59. The summed E-state index contributed by atoms with van der Waals surface area (Å²) in [5.74, 6) is 0.755. The highest BCUT2D eigenvalue weighted by Gasteiger charge is 2.13. The molecule has 8 nitrogen and oxygen atoms in total. The van der Waals surface area contributed by atoms with Crippen molar-refractivity contribution >= 4 is 28.3 Å². The average molecular weight is 490 g/mol. The molecule has 0 atom stereocenters. The summed E-state index contributed by atoms with van der Waals surface area (Å²) in [5, 5.41) is 5.16. The smallest absolute Gasteiger partial charge is 0.257 e. The number of amides is 2. The number of hydrogen-bond donors (Lipinski definition) is 2. The van der Waals surface area contributed by atoms with Gasteiger partial charge in [-0.05, 0) is 48.0 Å². The third-order valence-electron chi connectivity index (χ3n) is 5.14. The predicted octanol–water partition coefficient (Wildman–Crippen LogP) is 4.76. The highest BCUT2D eigenvalue weighted by Crippen LogP contribution is 2.33. The monoisotopic (exact) mass is 489 g/mol. The second-order valence-electron chi connectivity index (χ2n) is 7.41. The van der Waals surface area contributed by atoms with Crippen LogP contribution in [-0.2, 0) is 6.61 Å². The number of carbonyl (C=O) groups is 2. The van der Waals surface area contributed by atoms with Gasteiger partial charge in [-0.3, -0.25) is 14.9 Å². The van der Waals surface area contributed by atoms with E-state index in [4.69, 9.17) is 19.9 Å². The van der Waals surface area contributed by atoms with Crippen molar-refractivity contribution in [3.05, 3.63) is 88.8 Å². The summed E-state index contributed by atoms with van der Waals surface area (Å²) < 4.78 is 16.4. The first kappa shape index (κ1) is 23.8. The van der Waals surface area contributed by atoms with Crippen LogP contribution in [0, 0.1) is 0 Å². The topological polar surface area (TPSA) is 113 Å². The Kier molecular flexibility index (Phi) is 7.27. The quantitative estimate of drug-likeness (QED) is 0.351. The van der Waals surface area contributed by atoms with Crippen LogP contribution in [0.2, 0.25) is 0 Å². The maximum absolute atomic E-state index is 12.8. The van der Waals surface area contributed by atoms with E-state index < -0.39 is 5.91 Å². The van der Waals surface area contributed by atoms with Gasteiger partial charge in [-0.2, -0.15) is 0 Å². The first-order valence-corrected chi connectivity index (χ1v) is 11.5. The summed E-state index contributed by atoms with van der Waals surface area (Å²) in [5.41, 5.74) is 8.47. The van der Waals surface area contributed by atoms with E-state index >= 15 is 0 Å². The molecule has 0 saturated heterocycles. The lowest BCUT2D eigenvalue weighted by Gasteiger charge is -2.10. The molecule has 178 valence electrons. The Morgan fingerprint density at radius 2 is 1.74 bits per heavy atom. The molecule has 0 spiro atoms. The van der Waals surface area contributed by atoms with Crippen molar-refractivity contribution < 1.29 is 23.8 Å². The van der Waals surface area contributed by atoms with E-state index in [9.17, 15) is 9.59 Å². The van der Waals surface area contributed by atoms with Gasteiger partial charge in [-0.15, -0.1) is 11.3 Å². The molecule has 4 aromatic rings. The zero-order chi connectivity index (χ0) is 24.8. The Balaban J connectivity index is 1.44. The Morgan fingerprint density at radius 3 is 2.51 bits per heavy atom. The highest BCUT2D eigenvalue weighted by molar-refractivity contribution is 7.14. The standard InChI is InChI=1S/C26H23N3O5S/c1-32-22-11-10-17(13-23(22)33-2)20-15-35-26(28-20)29-25(31)18-7-5-6-16(12-18)14-34-21-9-4-3-8-19(21)24(27)30/h3-13,15H,14H2,1-2H3,(H2,27,30)(H,28,29,31). The number of thiazole rings is 1. The van der Waals surface area contributed by atoms with Crippen LogP contribution < -0.4 is 25.3 Å². The number of rotatable bonds is 9. The fourth-order valence-corrected chi connectivity index (χ4v) is 4.10. The lowest BCUT2D eigenvalue weighted by atomic mass is 10.1. The van der Waals surface area contributed by atoms with E-state index in [2.05, 4.69) is 10.3 Å². The minimum absolute atomic E-state index is 0.173. The fourth-order valence-electron chi connectivity index (χ4n) is 3.39. The molecule has 9 heteroatoms. The molecule has 0 fully saturated rings.